The molecule has 1 nitrogen and oxygen atoms in total. The summed E-state index contributed by atoms with van der Waals surface area (Å²) in [5, 5.41) is 0. The van der Waals surface area contributed by atoms with E-state index in [1.54, 1.807) is 7.11 Å². The molecule has 0 spiro atoms. The first-order valence-corrected chi connectivity index (χ1v) is 12.0. The lowest BCUT2D eigenvalue weighted by Gasteiger charge is -2.43. The van der Waals surface area contributed by atoms with Crippen LogP contribution in [-0.4, -0.2) is 7.11 Å². The predicted octanol–water partition coefficient (Wildman–Crippen LogP) is 7.70. The second kappa shape index (κ2) is 10.9. The van der Waals surface area contributed by atoms with Gasteiger partial charge in [-0.15, -0.1) is 6.42 Å². The molecule has 2 aliphatic carbocycles. The zero-order chi connectivity index (χ0) is 20.5. The van der Waals surface area contributed by atoms with Gasteiger partial charge in [0.2, 0.25) is 0 Å². The van der Waals surface area contributed by atoms with Crippen molar-refractivity contribution in [2.24, 2.45) is 17.8 Å². The van der Waals surface area contributed by atoms with Gasteiger partial charge >= 0.3 is 0 Å². The highest BCUT2D eigenvalue weighted by molar-refractivity contribution is 5.37. The first-order chi connectivity index (χ1) is 14.2. The molecule has 1 aromatic rings. The van der Waals surface area contributed by atoms with Crippen molar-refractivity contribution in [3.05, 3.63) is 42.0 Å². The van der Waals surface area contributed by atoms with E-state index in [9.17, 15) is 0 Å². The van der Waals surface area contributed by atoms with Crippen LogP contribution in [0.2, 0.25) is 0 Å². The van der Waals surface area contributed by atoms with E-state index in [1.807, 2.05) is 6.08 Å². The molecule has 2 fully saturated rings. The van der Waals surface area contributed by atoms with E-state index in [2.05, 4.69) is 43.2 Å². The summed E-state index contributed by atoms with van der Waals surface area (Å²) in [6.45, 7) is 2.31. The summed E-state index contributed by atoms with van der Waals surface area (Å²) in [6, 6.07) is 8.66. The number of unbranched alkanes of at least 4 members (excludes halogenated alkanes) is 2. The van der Waals surface area contributed by atoms with Gasteiger partial charge in [-0.05, 0) is 80.1 Å². The Morgan fingerprint density at radius 3 is 2.24 bits per heavy atom. The summed E-state index contributed by atoms with van der Waals surface area (Å²) in [5.41, 5.74) is 1.50. The highest BCUT2D eigenvalue weighted by Crippen LogP contribution is 2.48. The van der Waals surface area contributed by atoms with Gasteiger partial charge in [-0.3, -0.25) is 0 Å². The number of methoxy groups -OCH3 is 1. The molecule has 29 heavy (non-hydrogen) atoms. The maximum absolute atomic E-state index is 5.57. The molecule has 0 aromatic heterocycles. The molecule has 2 aliphatic rings. The average Bonchev–Trinajstić information content (AvgIpc) is 2.79. The van der Waals surface area contributed by atoms with Crippen molar-refractivity contribution in [1.29, 1.82) is 0 Å². The van der Waals surface area contributed by atoms with Gasteiger partial charge < -0.3 is 4.74 Å². The van der Waals surface area contributed by atoms with Crippen LogP contribution in [0.3, 0.4) is 0 Å². The fraction of sp³-hybridized carbons (Fsp3) is 0.643. The second-order valence-electron chi connectivity index (χ2n) is 9.50. The van der Waals surface area contributed by atoms with Gasteiger partial charge in [0.1, 0.15) is 5.75 Å². The summed E-state index contributed by atoms with van der Waals surface area (Å²) in [4.78, 5) is 0. The number of hydrogen-bond donors (Lipinski definition) is 0. The summed E-state index contributed by atoms with van der Waals surface area (Å²) in [6.07, 6.45) is 26.5. The van der Waals surface area contributed by atoms with Gasteiger partial charge in [0.25, 0.3) is 0 Å². The van der Waals surface area contributed by atoms with Gasteiger partial charge in [0.05, 0.1) is 7.11 Å². The van der Waals surface area contributed by atoms with Crippen molar-refractivity contribution in [3.8, 4) is 18.1 Å². The highest BCUT2D eigenvalue weighted by Gasteiger charge is 2.38. The van der Waals surface area contributed by atoms with E-state index in [4.69, 9.17) is 11.2 Å². The summed E-state index contributed by atoms with van der Waals surface area (Å²) >= 11 is 0. The third kappa shape index (κ3) is 5.69. The molecule has 0 radical (unpaired) electrons. The molecule has 0 atom stereocenters. The summed E-state index contributed by atoms with van der Waals surface area (Å²) in [7, 11) is 1.73. The van der Waals surface area contributed by atoms with Gasteiger partial charge in [-0.2, -0.15) is 0 Å². The number of benzene rings is 1. The SMILES string of the molecule is C#C/C=C/C1(c2ccc(OC)cc2)CCC(C2CCC(CCCCC)CC2)CC1. The third-order valence-electron chi connectivity index (χ3n) is 7.86. The quantitative estimate of drug-likeness (QED) is 0.325. The van der Waals surface area contributed by atoms with Gasteiger partial charge in [-0.1, -0.05) is 69.6 Å². The molecule has 0 heterocycles. The van der Waals surface area contributed by atoms with Crippen LogP contribution in [0.5, 0.6) is 5.75 Å². The largest absolute Gasteiger partial charge is 0.497 e. The molecule has 1 aromatic carbocycles. The first kappa shape index (κ1) is 22.0. The smallest absolute Gasteiger partial charge is 0.118 e. The molecule has 0 amide bonds. The van der Waals surface area contributed by atoms with Crippen molar-refractivity contribution in [3.63, 3.8) is 0 Å². The minimum Gasteiger partial charge on any atom is -0.497 e. The molecule has 0 aliphatic heterocycles. The van der Waals surface area contributed by atoms with Crippen molar-refractivity contribution in [1.82, 2.24) is 0 Å². The van der Waals surface area contributed by atoms with Crippen molar-refractivity contribution in [2.45, 2.75) is 89.4 Å². The van der Waals surface area contributed by atoms with Crippen molar-refractivity contribution in [2.75, 3.05) is 7.11 Å². The first-order valence-electron chi connectivity index (χ1n) is 12.0. The van der Waals surface area contributed by atoms with Crippen LogP contribution in [-0.2, 0) is 5.41 Å². The van der Waals surface area contributed by atoms with E-state index in [1.165, 1.54) is 82.6 Å². The maximum atomic E-state index is 5.57. The van der Waals surface area contributed by atoms with E-state index in [0.717, 1.165) is 23.5 Å². The van der Waals surface area contributed by atoms with Crippen LogP contribution < -0.4 is 4.74 Å². The molecular formula is C28H40O. The van der Waals surface area contributed by atoms with Crippen LogP contribution >= 0.6 is 0 Å². The lowest BCUT2D eigenvalue weighted by molar-refractivity contribution is 0.142. The zero-order valence-corrected chi connectivity index (χ0v) is 18.7. The molecule has 158 valence electrons. The number of hydrogen-bond acceptors (Lipinski definition) is 1. The van der Waals surface area contributed by atoms with Crippen LogP contribution in [0.25, 0.3) is 0 Å². The van der Waals surface area contributed by atoms with E-state index in [0.29, 0.717) is 0 Å². The maximum Gasteiger partial charge on any atom is 0.118 e. The topological polar surface area (TPSA) is 9.23 Å². The predicted molar refractivity (Wildman–Crippen MR) is 124 cm³/mol. The van der Waals surface area contributed by atoms with Crippen LogP contribution in [0.15, 0.2) is 36.4 Å². The molecule has 3 rings (SSSR count). The molecule has 0 unspecified atom stereocenters. The molecular weight excluding hydrogens is 352 g/mol. The number of allylic oxidation sites excluding steroid dienone is 2. The Bertz CT molecular complexity index is 661. The Balaban J connectivity index is 1.58. The monoisotopic (exact) mass is 392 g/mol. The number of rotatable bonds is 8. The van der Waals surface area contributed by atoms with Crippen LogP contribution in [0, 0.1) is 30.1 Å². The molecule has 0 saturated heterocycles. The second-order valence-corrected chi connectivity index (χ2v) is 9.50. The van der Waals surface area contributed by atoms with Crippen LogP contribution in [0.4, 0.5) is 0 Å². The van der Waals surface area contributed by atoms with Crippen LogP contribution in [0.1, 0.15) is 89.5 Å². The Labute approximate surface area is 179 Å². The van der Waals surface area contributed by atoms with Gasteiger partial charge in [-0.25, -0.2) is 0 Å². The van der Waals surface area contributed by atoms with E-state index in [-0.39, 0.29) is 5.41 Å². The average molecular weight is 393 g/mol. The fourth-order valence-corrected chi connectivity index (χ4v) is 5.94. The van der Waals surface area contributed by atoms with E-state index < -0.39 is 0 Å². The minimum atomic E-state index is 0.104. The molecule has 2 saturated carbocycles. The minimum absolute atomic E-state index is 0.104. The highest BCUT2D eigenvalue weighted by atomic mass is 16.5. The number of ether oxygens (including phenoxy) is 1. The molecule has 0 N–H and O–H groups in total. The summed E-state index contributed by atoms with van der Waals surface area (Å²) < 4.78 is 5.36. The standard InChI is InChI=1S/C28H40O/c1-4-6-8-9-23-10-12-24(13-11-23)25-18-21-28(22-19-25,20-7-5-2)26-14-16-27(29-3)17-15-26/h2,7,14-17,20,23-25H,4,6,8-13,18-19,21-22H2,1,3H3/b20-7+. The Morgan fingerprint density at radius 2 is 1.66 bits per heavy atom. The zero-order valence-electron chi connectivity index (χ0n) is 18.7. The Hall–Kier alpha value is -1.68. The Kier molecular flexibility index (Phi) is 8.29. The number of terminal acetylenes is 1. The normalized spacial score (nSPS) is 30.2. The molecule has 1 heteroatoms. The van der Waals surface area contributed by atoms with E-state index >= 15 is 0 Å². The van der Waals surface area contributed by atoms with Crippen molar-refractivity contribution < 1.29 is 4.74 Å². The Morgan fingerprint density at radius 1 is 1.00 bits per heavy atom. The fourth-order valence-electron chi connectivity index (χ4n) is 5.94. The van der Waals surface area contributed by atoms with Gasteiger partial charge in [0, 0.05) is 5.41 Å². The molecule has 0 bridgehead atoms. The lowest BCUT2D eigenvalue weighted by atomic mass is 9.62. The van der Waals surface area contributed by atoms with Gasteiger partial charge in [0.15, 0.2) is 0 Å². The lowest BCUT2D eigenvalue weighted by Crippen LogP contribution is -2.33. The summed E-state index contributed by atoms with van der Waals surface area (Å²) in [5.74, 6) is 6.54. The van der Waals surface area contributed by atoms with Crippen molar-refractivity contribution >= 4 is 0 Å². The third-order valence-corrected chi connectivity index (χ3v) is 7.86.